The first-order valence-corrected chi connectivity index (χ1v) is 17.1. The fourth-order valence-electron chi connectivity index (χ4n) is 6.68. The second-order valence-corrected chi connectivity index (χ2v) is 15.0. The molecule has 3 aromatic rings. The van der Waals surface area contributed by atoms with Crippen LogP contribution in [0.5, 0.6) is 5.75 Å². The van der Waals surface area contributed by atoms with E-state index in [-0.39, 0.29) is 35.9 Å². The van der Waals surface area contributed by atoms with Crippen molar-refractivity contribution in [2.24, 2.45) is 17.8 Å². The van der Waals surface area contributed by atoms with E-state index in [9.17, 15) is 23.9 Å². The van der Waals surface area contributed by atoms with Gasteiger partial charge in [-0.1, -0.05) is 23.8 Å². The number of fused-ring (bicyclic) bond motifs is 2. The molecule has 1 aromatic heterocycles. The van der Waals surface area contributed by atoms with Crippen molar-refractivity contribution in [1.29, 1.82) is 5.26 Å². The van der Waals surface area contributed by atoms with Gasteiger partial charge in [-0.05, 0) is 55.4 Å². The van der Waals surface area contributed by atoms with Crippen molar-refractivity contribution < 1.29 is 23.4 Å². The summed E-state index contributed by atoms with van der Waals surface area (Å²) in [6.45, 7) is 5.47. The molecule has 3 heterocycles. The highest BCUT2D eigenvalue weighted by molar-refractivity contribution is 7.91. The summed E-state index contributed by atoms with van der Waals surface area (Å²) in [6, 6.07) is 14.1. The molecule has 0 amide bonds. The standard InChI is InChI=1S/C31H36N4O5S2/c1-20-2-7-28(40-18-24-4-3-21(13-25(24)14-32)15-34-8-10-42(38,39)11-9-34)26(12-20)27-19-41-31(33-27)35-16-22-5-6-23(17-35)29(22)30(36)37/h2-4,7,12-13,19,22-23,29-30,36-37H,5-6,8-11,15-18H2,1H3/t22-,23+,29+. The monoisotopic (exact) mass is 608 g/mol. The first-order chi connectivity index (χ1) is 20.2. The minimum Gasteiger partial charge on any atom is -0.488 e. The van der Waals surface area contributed by atoms with Gasteiger partial charge in [-0.25, -0.2) is 13.4 Å². The third kappa shape index (κ3) is 6.19. The molecule has 222 valence electrons. The van der Waals surface area contributed by atoms with Gasteiger partial charge in [-0.3, -0.25) is 4.90 Å². The summed E-state index contributed by atoms with van der Waals surface area (Å²) in [5, 5.41) is 32.6. The lowest BCUT2D eigenvalue weighted by molar-refractivity contribution is -0.109. The van der Waals surface area contributed by atoms with Crippen LogP contribution in [0.2, 0.25) is 0 Å². The van der Waals surface area contributed by atoms with Crippen LogP contribution in [0.15, 0.2) is 41.8 Å². The summed E-state index contributed by atoms with van der Waals surface area (Å²) >= 11 is 1.60. The van der Waals surface area contributed by atoms with E-state index in [4.69, 9.17) is 9.72 Å². The molecule has 2 saturated heterocycles. The molecule has 3 atom stereocenters. The average Bonchev–Trinajstić information content (AvgIpc) is 3.56. The smallest absolute Gasteiger partial charge is 0.185 e. The zero-order chi connectivity index (χ0) is 29.4. The first-order valence-electron chi connectivity index (χ1n) is 14.4. The maximum Gasteiger partial charge on any atom is 0.185 e. The molecule has 3 aliphatic rings. The number of anilines is 1. The number of nitrogens with zero attached hydrogens (tertiary/aromatic N) is 4. The molecule has 2 bridgehead atoms. The molecular weight excluding hydrogens is 572 g/mol. The number of nitriles is 1. The number of aliphatic hydroxyl groups excluding tert-OH is 1. The van der Waals surface area contributed by atoms with E-state index in [0.717, 1.165) is 59.0 Å². The molecule has 11 heteroatoms. The summed E-state index contributed by atoms with van der Waals surface area (Å²) in [7, 11) is -2.93. The van der Waals surface area contributed by atoms with Gasteiger partial charge in [-0.15, -0.1) is 11.3 Å². The largest absolute Gasteiger partial charge is 0.488 e. The van der Waals surface area contributed by atoms with Gasteiger partial charge < -0.3 is 19.8 Å². The molecule has 1 aliphatic carbocycles. The fourth-order valence-corrected chi connectivity index (χ4v) is 8.81. The highest BCUT2D eigenvalue weighted by atomic mass is 32.2. The number of benzene rings is 2. The van der Waals surface area contributed by atoms with Crippen LogP contribution in [-0.4, -0.2) is 72.5 Å². The number of piperidine rings is 1. The number of rotatable bonds is 8. The zero-order valence-corrected chi connectivity index (χ0v) is 25.3. The van der Waals surface area contributed by atoms with Crippen LogP contribution in [0.3, 0.4) is 0 Å². The predicted molar refractivity (Wildman–Crippen MR) is 162 cm³/mol. The zero-order valence-electron chi connectivity index (χ0n) is 23.6. The van der Waals surface area contributed by atoms with Crippen molar-refractivity contribution in [3.63, 3.8) is 0 Å². The summed E-state index contributed by atoms with van der Waals surface area (Å²) in [5.74, 6) is 1.54. The van der Waals surface area contributed by atoms with Gasteiger partial charge in [0.05, 0.1) is 28.8 Å². The first kappa shape index (κ1) is 29.1. The van der Waals surface area contributed by atoms with Crippen LogP contribution in [0.4, 0.5) is 5.13 Å². The van der Waals surface area contributed by atoms with Crippen LogP contribution >= 0.6 is 11.3 Å². The molecule has 0 spiro atoms. The Morgan fingerprint density at radius 3 is 2.55 bits per heavy atom. The van der Waals surface area contributed by atoms with Gasteiger partial charge in [0.25, 0.3) is 0 Å². The van der Waals surface area contributed by atoms with E-state index in [1.54, 1.807) is 11.3 Å². The highest BCUT2D eigenvalue weighted by Crippen LogP contribution is 2.45. The van der Waals surface area contributed by atoms with Crippen molar-refractivity contribution in [1.82, 2.24) is 9.88 Å². The molecule has 2 aliphatic heterocycles. The normalized spacial score (nSPS) is 23.7. The number of ether oxygens (including phenoxy) is 1. The molecule has 0 radical (unpaired) electrons. The molecular formula is C31H36N4O5S2. The molecule has 2 aromatic carbocycles. The SMILES string of the molecule is Cc1ccc(OCc2ccc(CN3CCS(=O)(=O)CC3)cc2C#N)c(-c2csc(N3C[C@H]4CC[C@@H](C3)[C@H]4C(O)O)n2)c1. The number of aromatic nitrogens is 1. The predicted octanol–water partition coefficient (Wildman–Crippen LogP) is 3.57. The fraction of sp³-hybridized carbons (Fsp3) is 0.484. The van der Waals surface area contributed by atoms with E-state index in [1.807, 2.05) is 42.6 Å². The lowest BCUT2D eigenvalue weighted by Crippen LogP contribution is -2.46. The minimum absolute atomic E-state index is 0.0478. The van der Waals surface area contributed by atoms with Gasteiger partial charge in [0, 0.05) is 55.1 Å². The van der Waals surface area contributed by atoms with E-state index in [1.165, 1.54) is 0 Å². The third-order valence-electron chi connectivity index (χ3n) is 8.95. The Kier molecular flexibility index (Phi) is 8.26. The Balaban J connectivity index is 1.15. The van der Waals surface area contributed by atoms with Crippen LogP contribution in [0.1, 0.15) is 35.1 Å². The summed E-state index contributed by atoms with van der Waals surface area (Å²) < 4.78 is 29.8. The van der Waals surface area contributed by atoms with Gasteiger partial charge in [0.1, 0.15) is 12.4 Å². The van der Waals surface area contributed by atoms with Crippen molar-refractivity contribution in [2.75, 3.05) is 42.6 Å². The van der Waals surface area contributed by atoms with Gasteiger partial charge in [0.2, 0.25) is 0 Å². The van der Waals surface area contributed by atoms with Gasteiger partial charge in [0.15, 0.2) is 21.3 Å². The Labute approximate surface area is 250 Å². The molecule has 0 unspecified atom stereocenters. The Hall–Kier alpha value is -3.01. The maximum absolute atomic E-state index is 11.7. The number of thiazole rings is 1. The second kappa shape index (κ2) is 11.9. The quantitative estimate of drug-likeness (QED) is 0.369. The molecule has 6 rings (SSSR count). The van der Waals surface area contributed by atoms with Gasteiger partial charge in [-0.2, -0.15) is 5.26 Å². The van der Waals surface area contributed by atoms with Crippen molar-refractivity contribution in [3.05, 3.63) is 64.0 Å². The van der Waals surface area contributed by atoms with Crippen LogP contribution in [0.25, 0.3) is 11.3 Å². The van der Waals surface area contributed by atoms with Crippen LogP contribution < -0.4 is 9.64 Å². The number of aliphatic hydroxyl groups is 2. The topological polar surface area (TPSA) is 127 Å². The van der Waals surface area contributed by atoms with Crippen LogP contribution in [-0.2, 0) is 23.0 Å². The van der Waals surface area contributed by atoms with E-state index >= 15 is 0 Å². The van der Waals surface area contributed by atoms with Gasteiger partial charge >= 0.3 is 0 Å². The molecule has 2 N–H and O–H groups in total. The van der Waals surface area contributed by atoms with Crippen molar-refractivity contribution in [3.8, 4) is 23.1 Å². The van der Waals surface area contributed by atoms with Crippen molar-refractivity contribution >= 4 is 26.3 Å². The number of aryl methyl sites for hydroxylation is 1. The maximum atomic E-state index is 11.7. The minimum atomic E-state index is -2.93. The Morgan fingerprint density at radius 2 is 1.86 bits per heavy atom. The second-order valence-electron chi connectivity index (χ2n) is 11.8. The summed E-state index contributed by atoms with van der Waals surface area (Å²) in [5.41, 5.74) is 5.15. The van der Waals surface area contributed by atoms with E-state index < -0.39 is 16.1 Å². The average molecular weight is 609 g/mol. The highest BCUT2D eigenvalue weighted by Gasteiger charge is 2.45. The lowest BCUT2D eigenvalue weighted by atomic mass is 9.85. The summed E-state index contributed by atoms with van der Waals surface area (Å²) in [6.07, 6.45) is 0.787. The Bertz CT molecular complexity index is 1570. The molecule has 1 saturated carbocycles. The number of hydrogen-bond donors (Lipinski definition) is 2. The molecule has 9 nitrogen and oxygen atoms in total. The Morgan fingerprint density at radius 1 is 1.12 bits per heavy atom. The molecule has 42 heavy (non-hydrogen) atoms. The molecule has 3 fully saturated rings. The lowest BCUT2D eigenvalue weighted by Gasteiger charge is -2.38. The summed E-state index contributed by atoms with van der Waals surface area (Å²) in [4.78, 5) is 9.38. The third-order valence-corrected chi connectivity index (χ3v) is 11.5. The van der Waals surface area contributed by atoms with Crippen molar-refractivity contribution in [2.45, 2.75) is 39.2 Å². The number of hydrogen-bond acceptors (Lipinski definition) is 10. The van der Waals surface area contributed by atoms with E-state index in [0.29, 0.717) is 30.9 Å². The van der Waals surface area contributed by atoms with Crippen LogP contribution in [0, 0.1) is 36.0 Å². The van der Waals surface area contributed by atoms with E-state index in [2.05, 4.69) is 21.9 Å². The number of sulfone groups is 1.